The molecule has 0 atom stereocenters. The SMILES string of the molecule is CCN(CCO)C(=O)c1ccc(OC)c(Br)c1. The molecule has 5 heteroatoms. The molecule has 1 amide bonds. The Bertz CT molecular complexity index is 395. The summed E-state index contributed by atoms with van der Waals surface area (Å²) in [5, 5.41) is 8.88. The van der Waals surface area contributed by atoms with E-state index in [0.29, 0.717) is 24.4 Å². The van der Waals surface area contributed by atoms with Crippen LogP contribution in [-0.4, -0.2) is 42.7 Å². The van der Waals surface area contributed by atoms with Crippen LogP contribution in [0.15, 0.2) is 22.7 Å². The lowest BCUT2D eigenvalue weighted by atomic mass is 10.2. The molecule has 0 saturated carbocycles. The average Bonchev–Trinajstić information content (AvgIpc) is 2.35. The molecule has 0 aromatic heterocycles. The van der Waals surface area contributed by atoms with Gasteiger partial charge >= 0.3 is 0 Å². The van der Waals surface area contributed by atoms with Crippen LogP contribution in [0.5, 0.6) is 5.75 Å². The average molecular weight is 302 g/mol. The van der Waals surface area contributed by atoms with E-state index in [4.69, 9.17) is 9.84 Å². The fourth-order valence-corrected chi connectivity index (χ4v) is 2.05. The van der Waals surface area contributed by atoms with E-state index < -0.39 is 0 Å². The zero-order valence-corrected chi connectivity index (χ0v) is 11.5. The normalized spacial score (nSPS) is 10.1. The number of carbonyl (C=O) groups excluding carboxylic acids is 1. The van der Waals surface area contributed by atoms with Gasteiger partial charge in [-0.1, -0.05) is 0 Å². The van der Waals surface area contributed by atoms with Crippen LogP contribution in [0.1, 0.15) is 17.3 Å². The maximum absolute atomic E-state index is 12.1. The van der Waals surface area contributed by atoms with Gasteiger partial charge in [-0.2, -0.15) is 0 Å². The summed E-state index contributed by atoms with van der Waals surface area (Å²) < 4.78 is 5.84. The van der Waals surface area contributed by atoms with Gasteiger partial charge in [-0.15, -0.1) is 0 Å². The fraction of sp³-hybridized carbons (Fsp3) is 0.417. The van der Waals surface area contributed by atoms with Gasteiger partial charge in [-0.25, -0.2) is 0 Å². The summed E-state index contributed by atoms with van der Waals surface area (Å²) in [6.45, 7) is 2.77. The molecule has 0 aliphatic rings. The Balaban J connectivity index is 2.92. The summed E-state index contributed by atoms with van der Waals surface area (Å²) in [5.74, 6) is 0.594. The molecule has 0 heterocycles. The Morgan fingerprint density at radius 1 is 1.53 bits per heavy atom. The van der Waals surface area contributed by atoms with Crippen molar-refractivity contribution in [1.82, 2.24) is 4.90 Å². The molecule has 0 bridgehead atoms. The molecule has 0 radical (unpaired) electrons. The number of nitrogens with zero attached hydrogens (tertiary/aromatic N) is 1. The van der Waals surface area contributed by atoms with Crippen LogP contribution in [0.2, 0.25) is 0 Å². The van der Waals surface area contributed by atoms with Gasteiger partial charge in [0.1, 0.15) is 5.75 Å². The summed E-state index contributed by atoms with van der Waals surface area (Å²) in [6, 6.07) is 5.18. The number of methoxy groups -OCH3 is 1. The summed E-state index contributed by atoms with van der Waals surface area (Å²) >= 11 is 3.34. The molecule has 0 fully saturated rings. The minimum atomic E-state index is -0.0927. The van der Waals surface area contributed by atoms with Gasteiger partial charge in [-0.05, 0) is 41.1 Å². The van der Waals surface area contributed by atoms with Crippen molar-refractivity contribution < 1.29 is 14.6 Å². The van der Waals surface area contributed by atoms with Crippen molar-refractivity contribution in [3.05, 3.63) is 28.2 Å². The topological polar surface area (TPSA) is 49.8 Å². The summed E-state index contributed by atoms with van der Waals surface area (Å²) in [4.78, 5) is 13.7. The zero-order valence-electron chi connectivity index (χ0n) is 9.94. The van der Waals surface area contributed by atoms with Crippen molar-refractivity contribution in [3.8, 4) is 5.75 Å². The molecule has 0 aliphatic heterocycles. The second-order valence-corrected chi connectivity index (χ2v) is 4.31. The highest BCUT2D eigenvalue weighted by molar-refractivity contribution is 9.10. The number of halogens is 1. The van der Waals surface area contributed by atoms with E-state index in [-0.39, 0.29) is 12.5 Å². The van der Waals surface area contributed by atoms with Crippen LogP contribution >= 0.6 is 15.9 Å². The van der Waals surface area contributed by atoms with Gasteiger partial charge in [0.25, 0.3) is 5.91 Å². The van der Waals surface area contributed by atoms with Crippen LogP contribution in [-0.2, 0) is 0 Å². The van der Waals surface area contributed by atoms with Crippen LogP contribution in [0.4, 0.5) is 0 Å². The van der Waals surface area contributed by atoms with Gasteiger partial charge in [0.2, 0.25) is 0 Å². The third kappa shape index (κ3) is 3.44. The number of rotatable bonds is 5. The first-order valence-corrected chi connectivity index (χ1v) is 6.17. The molecular formula is C12H16BrNO3. The van der Waals surface area contributed by atoms with Crippen molar-refractivity contribution >= 4 is 21.8 Å². The number of likely N-dealkylation sites (N-methyl/N-ethyl adjacent to an activating group) is 1. The lowest BCUT2D eigenvalue weighted by Gasteiger charge is -2.20. The first-order valence-electron chi connectivity index (χ1n) is 5.37. The van der Waals surface area contributed by atoms with Crippen molar-refractivity contribution in [2.75, 3.05) is 26.8 Å². The number of aliphatic hydroxyl groups excluding tert-OH is 1. The lowest BCUT2D eigenvalue weighted by molar-refractivity contribution is 0.0732. The number of carbonyl (C=O) groups is 1. The van der Waals surface area contributed by atoms with E-state index in [2.05, 4.69) is 15.9 Å². The number of benzene rings is 1. The highest BCUT2D eigenvalue weighted by atomic mass is 79.9. The van der Waals surface area contributed by atoms with Crippen molar-refractivity contribution in [1.29, 1.82) is 0 Å². The molecule has 1 rings (SSSR count). The molecule has 17 heavy (non-hydrogen) atoms. The Labute approximate surface area is 109 Å². The molecule has 0 unspecified atom stereocenters. The maximum Gasteiger partial charge on any atom is 0.253 e. The maximum atomic E-state index is 12.1. The standard InChI is InChI=1S/C12H16BrNO3/c1-3-14(6-7-15)12(16)9-4-5-11(17-2)10(13)8-9/h4-5,8,15H,3,6-7H2,1-2H3. The molecule has 1 aromatic rings. The number of hydrogen-bond acceptors (Lipinski definition) is 3. The van der Waals surface area contributed by atoms with Crippen molar-refractivity contribution in [2.45, 2.75) is 6.92 Å². The Kier molecular flexibility index (Phi) is 5.44. The Hall–Kier alpha value is -1.07. The predicted octanol–water partition coefficient (Wildman–Crippen LogP) is 1.91. The largest absolute Gasteiger partial charge is 0.496 e. The second-order valence-electron chi connectivity index (χ2n) is 3.46. The highest BCUT2D eigenvalue weighted by Gasteiger charge is 2.14. The first-order chi connectivity index (χ1) is 8.13. The quantitative estimate of drug-likeness (QED) is 0.904. The van der Waals surface area contributed by atoms with E-state index >= 15 is 0 Å². The van der Waals surface area contributed by atoms with Gasteiger partial charge in [-0.3, -0.25) is 4.79 Å². The second kappa shape index (κ2) is 6.61. The third-order valence-corrected chi connectivity index (χ3v) is 3.06. The number of amides is 1. The van der Waals surface area contributed by atoms with Gasteiger partial charge < -0.3 is 14.7 Å². The lowest BCUT2D eigenvalue weighted by Crippen LogP contribution is -2.33. The molecule has 0 spiro atoms. The van der Waals surface area contributed by atoms with E-state index in [1.807, 2.05) is 6.92 Å². The fourth-order valence-electron chi connectivity index (χ4n) is 1.51. The van der Waals surface area contributed by atoms with Gasteiger partial charge in [0, 0.05) is 18.7 Å². The summed E-state index contributed by atoms with van der Waals surface area (Å²) in [6.07, 6.45) is 0. The number of ether oxygens (including phenoxy) is 1. The monoisotopic (exact) mass is 301 g/mol. The van der Waals surface area contributed by atoms with Crippen LogP contribution in [0.3, 0.4) is 0 Å². The van der Waals surface area contributed by atoms with Gasteiger partial charge in [0.05, 0.1) is 18.2 Å². The molecular weight excluding hydrogens is 286 g/mol. The molecule has 1 N–H and O–H groups in total. The van der Waals surface area contributed by atoms with E-state index in [0.717, 1.165) is 4.47 Å². The van der Waals surface area contributed by atoms with Crippen LogP contribution in [0, 0.1) is 0 Å². The first kappa shape index (κ1) is 14.0. The molecule has 94 valence electrons. The molecule has 0 aliphatic carbocycles. The molecule has 1 aromatic carbocycles. The van der Waals surface area contributed by atoms with E-state index in [1.165, 1.54) is 0 Å². The zero-order chi connectivity index (χ0) is 12.8. The highest BCUT2D eigenvalue weighted by Crippen LogP contribution is 2.25. The number of aliphatic hydroxyl groups is 1. The Morgan fingerprint density at radius 2 is 2.24 bits per heavy atom. The van der Waals surface area contributed by atoms with Crippen LogP contribution < -0.4 is 4.74 Å². The minimum absolute atomic E-state index is 0.0308. The van der Waals surface area contributed by atoms with E-state index in [9.17, 15) is 4.79 Å². The molecule has 4 nitrogen and oxygen atoms in total. The predicted molar refractivity (Wildman–Crippen MR) is 69.4 cm³/mol. The third-order valence-electron chi connectivity index (χ3n) is 2.44. The van der Waals surface area contributed by atoms with E-state index in [1.54, 1.807) is 30.2 Å². The number of hydrogen-bond donors (Lipinski definition) is 1. The van der Waals surface area contributed by atoms with Crippen molar-refractivity contribution in [2.24, 2.45) is 0 Å². The molecule has 0 saturated heterocycles. The smallest absolute Gasteiger partial charge is 0.253 e. The summed E-state index contributed by atoms with van der Waals surface area (Å²) in [7, 11) is 1.58. The van der Waals surface area contributed by atoms with Gasteiger partial charge in [0.15, 0.2) is 0 Å². The van der Waals surface area contributed by atoms with Crippen LogP contribution in [0.25, 0.3) is 0 Å². The minimum Gasteiger partial charge on any atom is -0.496 e. The van der Waals surface area contributed by atoms with Crippen molar-refractivity contribution in [3.63, 3.8) is 0 Å². The summed E-state index contributed by atoms with van der Waals surface area (Å²) in [5.41, 5.74) is 0.577. The Morgan fingerprint density at radius 3 is 2.71 bits per heavy atom.